The predicted octanol–water partition coefficient (Wildman–Crippen LogP) is 3.78. The van der Waals surface area contributed by atoms with Crippen molar-refractivity contribution in [3.63, 3.8) is 0 Å². The van der Waals surface area contributed by atoms with Crippen LogP contribution < -0.4 is 5.32 Å². The average Bonchev–Trinajstić information content (AvgIpc) is 3.40. The summed E-state index contributed by atoms with van der Waals surface area (Å²) in [6.45, 7) is 5.19. The second kappa shape index (κ2) is 9.38. The minimum absolute atomic E-state index is 0.110. The number of fused-ring (bicyclic) bond motifs is 2. The van der Waals surface area contributed by atoms with Gasteiger partial charge in [-0.15, -0.1) is 0 Å². The first kappa shape index (κ1) is 22.3. The number of H-pyrrole nitrogens is 2. The fourth-order valence-electron chi connectivity index (χ4n) is 5.04. The molecule has 1 atom stereocenters. The van der Waals surface area contributed by atoms with Gasteiger partial charge in [0.25, 0.3) is 5.91 Å². The molecule has 34 heavy (non-hydrogen) atoms. The van der Waals surface area contributed by atoms with Crippen molar-refractivity contribution in [1.29, 1.82) is 0 Å². The van der Waals surface area contributed by atoms with E-state index in [0.29, 0.717) is 24.2 Å². The van der Waals surface area contributed by atoms with Crippen LogP contribution in [0.4, 0.5) is 0 Å². The van der Waals surface area contributed by atoms with Crippen LogP contribution in [-0.2, 0) is 19.4 Å². The molecular formula is C26H31N7O. The number of benzene rings is 1. The Labute approximate surface area is 199 Å². The van der Waals surface area contributed by atoms with Gasteiger partial charge in [-0.1, -0.05) is 12.1 Å². The molecule has 3 N–H and O–H groups in total. The smallest absolute Gasteiger partial charge is 0.253 e. The minimum Gasteiger partial charge on any atom is -0.352 e. The van der Waals surface area contributed by atoms with Crippen LogP contribution in [0.15, 0.2) is 36.5 Å². The van der Waals surface area contributed by atoms with Crippen LogP contribution in [0.25, 0.3) is 11.0 Å². The van der Waals surface area contributed by atoms with Gasteiger partial charge in [-0.2, -0.15) is 5.10 Å². The molecule has 0 radical (unpaired) electrons. The fourth-order valence-corrected chi connectivity index (χ4v) is 5.04. The van der Waals surface area contributed by atoms with Crippen molar-refractivity contribution in [2.45, 2.75) is 52.1 Å². The fraction of sp³-hybridized carbons (Fsp3) is 0.385. The van der Waals surface area contributed by atoms with E-state index < -0.39 is 0 Å². The summed E-state index contributed by atoms with van der Waals surface area (Å²) in [6, 6.07) is 10.2. The van der Waals surface area contributed by atoms with Crippen LogP contribution in [-0.4, -0.2) is 49.5 Å². The number of carbonyl (C=O) groups excluding carboxylic acids is 1. The molecule has 8 nitrogen and oxygen atoms in total. The Morgan fingerprint density at radius 2 is 2.12 bits per heavy atom. The number of hydrogen-bond acceptors (Lipinski definition) is 5. The van der Waals surface area contributed by atoms with E-state index in [-0.39, 0.29) is 11.9 Å². The third kappa shape index (κ3) is 4.33. The molecule has 3 aromatic heterocycles. The summed E-state index contributed by atoms with van der Waals surface area (Å²) in [5.74, 6) is 0.742. The van der Waals surface area contributed by atoms with Crippen molar-refractivity contribution >= 4 is 16.9 Å². The molecule has 176 valence electrons. The molecule has 0 spiro atoms. The molecule has 1 aliphatic rings. The van der Waals surface area contributed by atoms with E-state index in [1.807, 2.05) is 44.3 Å². The molecule has 5 rings (SSSR count). The lowest BCUT2D eigenvalue weighted by Crippen LogP contribution is -2.28. The van der Waals surface area contributed by atoms with Gasteiger partial charge in [-0.3, -0.25) is 19.8 Å². The minimum atomic E-state index is -0.110. The number of pyridine rings is 1. The van der Waals surface area contributed by atoms with Crippen LogP contribution in [0.2, 0.25) is 0 Å². The quantitative estimate of drug-likeness (QED) is 0.392. The Hall–Kier alpha value is -3.52. The zero-order chi connectivity index (χ0) is 23.7. The maximum atomic E-state index is 13.0. The molecule has 0 saturated carbocycles. The Morgan fingerprint density at radius 1 is 1.24 bits per heavy atom. The lowest BCUT2D eigenvalue weighted by molar-refractivity contribution is 0.0955. The second-order valence-electron chi connectivity index (χ2n) is 9.17. The van der Waals surface area contributed by atoms with Gasteiger partial charge in [0, 0.05) is 18.4 Å². The molecule has 1 aliphatic carbocycles. The normalized spacial score (nSPS) is 15.6. The topological polar surface area (TPSA) is 103 Å². The highest BCUT2D eigenvalue weighted by Crippen LogP contribution is 2.32. The summed E-state index contributed by atoms with van der Waals surface area (Å²) >= 11 is 0. The van der Waals surface area contributed by atoms with Gasteiger partial charge in [0.1, 0.15) is 11.3 Å². The number of imidazole rings is 1. The van der Waals surface area contributed by atoms with E-state index in [9.17, 15) is 4.79 Å². The summed E-state index contributed by atoms with van der Waals surface area (Å²) in [5, 5.41) is 10.3. The largest absolute Gasteiger partial charge is 0.352 e. The third-order valence-corrected chi connectivity index (χ3v) is 6.84. The summed E-state index contributed by atoms with van der Waals surface area (Å²) in [6.07, 6.45) is 5.96. The molecule has 8 heteroatoms. The highest BCUT2D eigenvalue weighted by molar-refractivity contribution is 6.04. The Kier molecular flexibility index (Phi) is 6.15. The van der Waals surface area contributed by atoms with Crippen LogP contribution in [0.5, 0.6) is 0 Å². The van der Waals surface area contributed by atoms with E-state index >= 15 is 0 Å². The van der Waals surface area contributed by atoms with E-state index in [2.05, 4.69) is 43.5 Å². The number of aryl methyl sites for hydroxylation is 3. The standard InChI is InChI=1S/C26H31N7O/c1-16-19(17(2)32-31-16)12-14-28-26(34)20-9-5-10-21-25(20)30-23(29-21)15-33(3)22-11-4-7-18-8-6-13-27-24(18)22/h5-6,8-10,13,22H,4,7,11-12,14-15H2,1-3H3,(H,28,34)(H,29,30)(H,31,32). The van der Waals surface area contributed by atoms with Crippen LogP contribution in [0.3, 0.4) is 0 Å². The zero-order valence-corrected chi connectivity index (χ0v) is 20.0. The molecule has 0 fully saturated rings. The van der Waals surface area contributed by atoms with E-state index in [0.717, 1.165) is 54.0 Å². The summed E-state index contributed by atoms with van der Waals surface area (Å²) < 4.78 is 0. The number of aromatic amines is 2. The number of hydrogen-bond donors (Lipinski definition) is 3. The Bertz CT molecular complexity index is 1300. The van der Waals surface area contributed by atoms with Gasteiger partial charge in [-0.25, -0.2) is 4.98 Å². The molecule has 4 aromatic rings. The van der Waals surface area contributed by atoms with Gasteiger partial charge in [0.05, 0.1) is 35.1 Å². The van der Waals surface area contributed by atoms with Crippen molar-refractivity contribution < 1.29 is 4.79 Å². The monoisotopic (exact) mass is 457 g/mol. The number of para-hydroxylation sites is 1. The number of nitrogens with one attached hydrogen (secondary N) is 3. The van der Waals surface area contributed by atoms with Crippen molar-refractivity contribution in [2.75, 3.05) is 13.6 Å². The average molecular weight is 458 g/mol. The summed E-state index contributed by atoms with van der Waals surface area (Å²) in [7, 11) is 2.12. The van der Waals surface area contributed by atoms with Gasteiger partial charge in [0.2, 0.25) is 0 Å². The van der Waals surface area contributed by atoms with Gasteiger partial charge >= 0.3 is 0 Å². The highest BCUT2D eigenvalue weighted by atomic mass is 16.1. The molecule has 1 unspecified atom stereocenters. The van der Waals surface area contributed by atoms with E-state index in [1.54, 1.807) is 0 Å². The van der Waals surface area contributed by atoms with Crippen molar-refractivity contribution in [3.05, 3.63) is 76.1 Å². The molecule has 0 saturated heterocycles. The first-order valence-corrected chi connectivity index (χ1v) is 11.9. The van der Waals surface area contributed by atoms with Gasteiger partial charge < -0.3 is 10.3 Å². The number of aromatic nitrogens is 5. The van der Waals surface area contributed by atoms with Crippen LogP contribution >= 0.6 is 0 Å². The number of nitrogens with zero attached hydrogens (tertiary/aromatic N) is 4. The lowest BCUT2D eigenvalue weighted by Gasteiger charge is -2.31. The third-order valence-electron chi connectivity index (χ3n) is 6.84. The first-order valence-electron chi connectivity index (χ1n) is 11.9. The van der Waals surface area contributed by atoms with Crippen LogP contribution in [0.1, 0.15) is 63.3 Å². The SMILES string of the molecule is Cc1n[nH]c(C)c1CCNC(=O)c1cccc2[nH]c(CN(C)C3CCCc4cccnc43)nc12. The van der Waals surface area contributed by atoms with Crippen molar-refractivity contribution in [1.82, 2.24) is 35.4 Å². The maximum Gasteiger partial charge on any atom is 0.253 e. The Balaban J connectivity index is 1.29. The van der Waals surface area contributed by atoms with Gasteiger partial charge in [0.15, 0.2) is 0 Å². The van der Waals surface area contributed by atoms with Crippen molar-refractivity contribution in [2.24, 2.45) is 0 Å². The van der Waals surface area contributed by atoms with Crippen LogP contribution in [0, 0.1) is 13.8 Å². The molecule has 1 aromatic carbocycles. The number of amides is 1. The van der Waals surface area contributed by atoms with E-state index in [1.165, 1.54) is 11.3 Å². The molecule has 3 heterocycles. The zero-order valence-electron chi connectivity index (χ0n) is 20.0. The number of carbonyl (C=O) groups is 1. The number of rotatable bonds is 7. The van der Waals surface area contributed by atoms with Gasteiger partial charge in [-0.05, 0) is 75.9 Å². The highest BCUT2D eigenvalue weighted by Gasteiger charge is 2.25. The summed E-state index contributed by atoms with van der Waals surface area (Å²) in [5.41, 5.74) is 7.87. The second-order valence-corrected chi connectivity index (χ2v) is 9.17. The molecular weight excluding hydrogens is 426 g/mol. The molecule has 0 bridgehead atoms. The predicted molar refractivity (Wildman–Crippen MR) is 132 cm³/mol. The lowest BCUT2D eigenvalue weighted by atomic mass is 9.91. The molecule has 1 amide bonds. The first-order chi connectivity index (χ1) is 16.5. The van der Waals surface area contributed by atoms with Crippen molar-refractivity contribution in [3.8, 4) is 0 Å². The summed E-state index contributed by atoms with van der Waals surface area (Å²) in [4.78, 5) is 28.2. The maximum absolute atomic E-state index is 13.0. The molecule has 0 aliphatic heterocycles. The Morgan fingerprint density at radius 3 is 2.94 bits per heavy atom. The van der Waals surface area contributed by atoms with E-state index in [4.69, 9.17) is 4.98 Å².